The zero-order chi connectivity index (χ0) is 9.98. The van der Waals surface area contributed by atoms with E-state index in [9.17, 15) is 0 Å². The van der Waals surface area contributed by atoms with Crippen LogP contribution >= 0.6 is 0 Å². The van der Waals surface area contributed by atoms with Gasteiger partial charge in [-0.05, 0) is 26.2 Å². The van der Waals surface area contributed by atoms with Crippen LogP contribution in [-0.4, -0.2) is 0 Å². The molecular formula is C12H24. The highest BCUT2D eigenvalue weighted by molar-refractivity contribution is 4.98. The first-order valence-electron chi connectivity index (χ1n) is 4.89. The van der Waals surface area contributed by atoms with Crippen molar-refractivity contribution in [3.05, 3.63) is 24.3 Å². The van der Waals surface area contributed by atoms with Crippen LogP contribution in [0.15, 0.2) is 24.3 Å². The van der Waals surface area contributed by atoms with Gasteiger partial charge in [-0.2, -0.15) is 0 Å². The van der Waals surface area contributed by atoms with E-state index in [0.717, 1.165) is 19.3 Å². The number of hydrogen-bond acceptors (Lipinski definition) is 0. The molecule has 0 heterocycles. The molecule has 0 N–H and O–H groups in total. The van der Waals surface area contributed by atoms with Crippen molar-refractivity contribution in [3.8, 4) is 0 Å². The monoisotopic (exact) mass is 168 g/mol. The summed E-state index contributed by atoms with van der Waals surface area (Å²) in [5, 5.41) is 0. The Kier molecular flexibility index (Phi) is 12.3. The first kappa shape index (κ1) is 14.0. The summed E-state index contributed by atoms with van der Waals surface area (Å²) in [5.74, 6) is 0. The summed E-state index contributed by atoms with van der Waals surface area (Å²) in [5.41, 5.74) is 2.59. The Hall–Kier alpha value is -0.520. The molecule has 0 aliphatic carbocycles. The second-order valence-electron chi connectivity index (χ2n) is 3.27. The lowest BCUT2D eigenvalue weighted by Gasteiger charge is -1.99. The summed E-state index contributed by atoms with van der Waals surface area (Å²) in [6, 6.07) is 0. The van der Waals surface area contributed by atoms with Crippen molar-refractivity contribution in [2.24, 2.45) is 0 Å². The Labute approximate surface area is 78.4 Å². The predicted octanol–water partition coefficient (Wildman–Crippen LogP) is 4.73. The number of allylic oxidation sites excluding steroid dienone is 2. The minimum absolute atomic E-state index is 1.10. The number of hydrogen-bond donors (Lipinski definition) is 0. The van der Waals surface area contributed by atoms with Gasteiger partial charge in [0.15, 0.2) is 0 Å². The minimum Gasteiger partial charge on any atom is -0.100 e. The lowest BCUT2D eigenvalue weighted by atomic mass is 10.1. The van der Waals surface area contributed by atoms with Crippen LogP contribution in [0.5, 0.6) is 0 Å². The third-order valence-corrected chi connectivity index (χ3v) is 1.41. The number of rotatable bonds is 4. The molecule has 0 heteroatoms. The van der Waals surface area contributed by atoms with E-state index in [1.54, 1.807) is 0 Å². The van der Waals surface area contributed by atoms with E-state index in [4.69, 9.17) is 0 Å². The van der Waals surface area contributed by atoms with Crippen molar-refractivity contribution < 1.29 is 0 Å². The summed E-state index contributed by atoms with van der Waals surface area (Å²) >= 11 is 0. The van der Waals surface area contributed by atoms with Crippen LogP contribution < -0.4 is 0 Å². The second-order valence-corrected chi connectivity index (χ2v) is 3.27. The Morgan fingerprint density at radius 1 is 1.00 bits per heavy atom. The highest BCUT2D eigenvalue weighted by Crippen LogP contribution is 2.09. The Balaban J connectivity index is 0. The first-order valence-corrected chi connectivity index (χ1v) is 4.89. The van der Waals surface area contributed by atoms with Gasteiger partial charge in [0.1, 0.15) is 0 Å². The topological polar surface area (TPSA) is 0 Å². The molecule has 0 aromatic rings. The fraction of sp³-hybridized carbons (Fsp3) is 0.667. The molecule has 0 aliphatic heterocycles. The fourth-order valence-electron chi connectivity index (χ4n) is 0.567. The summed E-state index contributed by atoms with van der Waals surface area (Å²) in [6.07, 6.45) is 4.58. The van der Waals surface area contributed by atoms with E-state index < -0.39 is 0 Å². The predicted molar refractivity (Wildman–Crippen MR) is 59.4 cm³/mol. The lowest BCUT2D eigenvalue weighted by molar-refractivity contribution is 0.882. The van der Waals surface area contributed by atoms with Gasteiger partial charge in [0.05, 0.1) is 0 Å². The average Bonchev–Trinajstić information content (AvgIpc) is 2.01. The van der Waals surface area contributed by atoms with Crippen molar-refractivity contribution in [3.63, 3.8) is 0 Å². The van der Waals surface area contributed by atoms with Crippen molar-refractivity contribution in [1.29, 1.82) is 0 Å². The molecule has 0 fully saturated rings. The molecule has 0 bridgehead atoms. The molecule has 0 aliphatic rings. The van der Waals surface area contributed by atoms with E-state index in [1.165, 1.54) is 17.6 Å². The summed E-state index contributed by atoms with van der Waals surface area (Å²) < 4.78 is 0. The molecule has 0 atom stereocenters. The summed E-state index contributed by atoms with van der Waals surface area (Å²) in [7, 11) is 0. The molecule has 0 aromatic heterocycles. The molecule has 0 saturated carbocycles. The molecule has 0 nitrogen and oxygen atoms in total. The first-order chi connectivity index (χ1) is 5.58. The van der Waals surface area contributed by atoms with Crippen molar-refractivity contribution in [1.82, 2.24) is 0 Å². The largest absolute Gasteiger partial charge is 0.100 e. The molecular weight excluding hydrogens is 144 g/mol. The summed E-state index contributed by atoms with van der Waals surface area (Å²) in [6.45, 7) is 16.2. The quantitative estimate of drug-likeness (QED) is 0.532. The SMILES string of the molecule is C=C(C)CCC(=C)CC.CCC. The van der Waals surface area contributed by atoms with Crippen molar-refractivity contribution in [2.45, 2.75) is 53.4 Å². The molecule has 0 amide bonds. The highest BCUT2D eigenvalue weighted by Gasteiger charge is 1.89. The van der Waals surface area contributed by atoms with Gasteiger partial charge in [-0.25, -0.2) is 0 Å². The normalized spacial score (nSPS) is 8.33. The maximum absolute atomic E-state index is 3.90. The smallest absolute Gasteiger partial charge is 0.0286 e. The lowest BCUT2D eigenvalue weighted by Crippen LogP contribution is -1.79. The van der Waals surface area contributed by atoms with Crippen LogP contribution in [-0.2, 0) is 0 Å². The molecule has 0 radical (unpaired) electrons. The third-order valence-electron chi connectivity index (χ3n) is 1.41. The van der Waals surface area contributed by atoms with Gasteiger partial charge in [0.25, 0.3) is 0 Å². The van der Waals surface area contributed by atoms with Crippen molar-refractivity contribution >= 4 is 0 Å². The third kappa shape index (κ3) is 16.2. The van der Waals surface area contributed by atoms with Gasteiger partial charge in [-0.3, -0.25) is 0 Å². The average molecular weight is 168 g/mol. The minimum atomic E-state index is 1.10. The highest BCUT2D eigenvalue weighted by atomic mass is 14.0. The Morgan fingerprint density at radius 2 is 1.42 bits per heavy atom. The fourth-order valence-corrected chi connectivity index (χ4v) is 0.567. The molecule has 72 valence electrons. The van der Waals surface area contributed by atoms with E-state index in [0.29, 0.717) is 0 Å². The standard InChI is InChI=1S/C9H16.C3H8/c1-5-9(4)7-6-8(2)3;1-3-2/h2,4-7H2,1,3H3;3H2,1-2H3. The molecule has 0 spiro atoms. The van der Waals surface area contributed by atoms with Crippen LogP contribution in [0.4, 0.5) is 0 Å². The maximum Gasteiger partial charge on any atom is -0.0286 e. The Bertz CT molecular complexity index is 120. The van der Waals surface area contributed by atoms with Crippen LogP contribution in [0.25, 0.3) is 0 Å². The molecule has 0 aromatic carbocycles. The van der Waals surface area contributed by atoms with Crippen molar-refractivity contribution in [2.75, 3.05) is 0 Å². The van der Waals surface area contributed by atoms with Crippen LogP contribution in [0, 0.1) is 0 Å². The van der Waals surface area contributed by atoms with E-state index in [-0.39, 0.29) is 0 Å². The van der Waals surface area contributed by atoms with Crippen LogP contribution in [0.2, 0.25) is 0 Å². The van der Waals surface area contributed by atoms with Gasteiger partial charge in [0, 0.05) is 0 Å². The molecule has 0 rings (SSSR count). The van der Waals surface area contributed by atoms with E-state index >= 15 is 0 Å². The van der Waals surface area contributed by atoms with E-state index in [2.05, 4.69) is 40.9 Å². The second kappa shape index (κ2) is 10.5. The zero-order valence-electron chi connectivity index (χ0n) is 9.24. The van der Waals surface area contributed by atoms with Gasteiger partial charge in [-0.1, -0.05) is 44.9 Å². The van der Waals surface area contributed by atoms with Crippen LogP contribution in [0.1, 0.15) is 53.4 Å². The van der Waals surface area contributed by atoms with Gasteiger partial charge in [0.2, 0.25) is 0 Å². The van der Waals surface area contributed by atoms with Gasteiger partial charge in [-0.15, -0.1) is 6.58 Å². The summed E-state index contributed by atoms with van der Waals surface area (Å²) in [4.78, 5) is 0. The molecule has 12 heavy (non-hydrogen) atoms. The van der Waals surface area contributed by atoms with Gasteiger partial charge >= 0.3 is 0 Å². The van der Waals surface area contributed by atoms with E-state index in [1.807, 2.05) is 0 Å². The molecule has 0 unspecified atom stereocenters. The van der Waals surface area contributed by atoms with Gasteiger partial charge < -0.3 is 0 Å². The van der Waals surface area contributed by atoms with Crippen LogP contribution in [0.3, 0.4) is 0 Å². The zero-order valence-corrected chi connectivity index (χ0v) is 9.24. The molecule has 0 saturated heterocycles. The Morgan fingerprint density at radius 3 is 1.67 bits per heavy atom. The maximum atomic E-state index is 3.90.